The van der Waals surface area contributed by atoms with Gasteiger partial charge < -0.3 is 19.4 Å². The molecule has 1 N–H and O–H groups in total. The van der Waals surface area contributed by atoms with Crippen LogP contribution in [-0.4, -0.2) is 33.8 Å². The van der Waals surface area contributed by atoms with Crippen molar-refractivity contribution in [3.63, 3.8) is 0 Å². The second kappa shape index (κ2) is 9.16. The van der Waals surface area contributed by atoms with Crippen LogP contribution in [0.1, 0.15) is 56.4 Å². The predicted octanol–water partition coefficient (Wildman–Crippen LogP) is 4.71. The molecule has 1 aromatic heterocycles. The Hall–Kier alpha value is -2.42. The number of imidazole rings is 1. The average molecular weight is 484 g/mol. The number of nitrogens with zero attached hydrogens (tertiary/aromatic N) is 2. The maximum atomic E-state index is 14.8. The number of nitrogens with one attached hydrogen (secondary N) is 1. The standard InChI is InChI=1S/C21H27BrFN3O4/c1-7-29-18(27)17-13(2)24-12-26(17)11-21(6,25-19(28)30-20(3,4)5)15-10-14(22)8-9-16(15)23/h8-10,12H,7,11H2,1-6H3,(H,25,28)/t21-/m0/s1. The monoisotopic (exact) mass is 483 g/mol. The zero-order chi connectivity index (χ0) is 22.7. The molecule has 30 heavy (non-hydrogen) atoms. The number of carbonyl (C=O) groups is 2. The number of amides is 1. The Balaban J connectivity index is 2.51. The van der Waals surface area contributed by atoms with Crippen LogP contribution in [0.3, 0.4) is 0 Å². The maximum absolute atomic E-state index is 14.8. The third-order valence-electron chi connectivity index (χ3n) is 4.28. The molecule has 9 heteroatoms. The van der Waals surface area contributed by atoms with E-state index >= 15 is 0 Å². The Bertz CT molecular complexity index is 939. The van der Waals surface area contributed by atoms with E-state index in [1.807, 2.05) is 0 Å². The van der Waals surface area contributed by atoms with Gasteiger partial charge in [0.25, 0.3) is 0 Å². The summed E-state index contributed by atoms with van der Waals surface area (Å²) in [6.07, 6.45) is 0.755. The van der Waals surface area contributed by atoms with Crippen LogP contribution < -0.4 is 5.32 Å². The molecule has 0 saturated heterocycles. The van der Waals surface area contributed by atoms with Crippen molar-refractivity contribution in [3.05, 3.63) is 51.8 Å². The van der Waals surface area contributed by atoms with E-state index in [0.29, 0.717) is 10.2 Å². The molecule has 0 bridgehead atoms. The van der Waals surface area contributed by atoms with Crippen LogP contribution in [0.25, 0.3) is 0 Å². The summed E-state index contributed by atoms with van der Waals surface area (Å²) in [7, 11) is 0. The van der Waals surface area contributed by atoms with Gasteiger partial charge in [-0.1, -0.05) is 15.9 Å². The minimum atomic E-state index is -1.26. The van der Waals surface area contributed by atoms with Crippen molar-refractivity contribution >= 4 is 28.0 Å². The zero-order valence-electron chi connectivity index (χ0n) is 18.0. The molecule has 1 atom stereocenters. The quantitative estimate of drug-likeness (QED) is 0.601. The lowest BCUT2D eigenvalue weighted by molar-refractivity contribution is 0.0446. The molecule has 0 radical (unpaired) electrons. The van der Waals surface area contributed by atoms with Crippen LogP contribution in [0.5, 0.6) is 0 Å². The molecule has 0 spiro atoms. The summed E-state index contributed by atoms with van der Waals surface area (Å²) in [6, 6.07) is 4.46. The predicted molar refractivity (Wildman–Crippen MR) is 114 cm³/mol. The van der Waals surface area contributed by atoms with Crippen molar-refractivity contribution in [1.29, 1.82) is 0 Å². The SMILES string of the molecule is CCOC(=O)c1c(C)ncn1C[C@](C)(NC(=O)OC(C)(C)C)c1cc(Br)ccc1F. The minimum absolute atomic E-state index is 0.0224. The number of benzene rings is 1. The Kier molecular flexibility index (Phi) is 7.28. The third kappa shape index (κ3) is 5.81. The molecule has 164 valence electrons. The number of esters is 1. The fourth-order valence-corrected chi connectivity index (χ4v) is 3.41. The smallest absolute Gasteiger partial charge is 0.408 e. The van der Waals surface area contributed by atoms with Gasteiger partial charge in [-0.15, -0.1) is 0 Å². The van der Waals surface area contributed by atoms with Gasteiger partial charge >= 0.3 is 12.1 Å². The molecular weight excluding hydrogens is 457 g/mol. The largest absolute Gasteiger partial charge is 0.461 e. The van der Waals surface area contributed by atoms with Gasteiger partial charge in [-0.05, 0) is 59.7 Å². The van der Waals surface area contributed by atoms with Crippen LogP contribution in [-0.2, 0) is 21.6 Å². The van der Waals surface area contributed by atoms with Crippen LogP contribution in [0.15, 0.2) is 29.0 Å². The lowest BCUT2D eigenvalue weighted by Gasteiger charge is -2.33. The van der Waals surface area contributed by atoms with Crippen molar-refractivity contribution in [2.24, 2.45) is 0 Å². The van der Waals surface area contributed by atoms with Gasteiger partial charge in [0.2, 0.25) is 0 Å². The van der Waals surface area contributed by atoms with E-state index in [1.165, 1.54) is 12.4 Å². The van der Waals surface area contributed by atoms with Crippen LogP contribution in [0.4, 0.5) is 9.18 Å². The average Bonchev–Trinajstić information content (AvgIpc) is 2.95. The fourth-order valence-electron chi connectivity index (χ4n) is 3.05. The highest BCUT2D eigenvalue weighted by atomic mass is 79.9. The number of alkyl carbamates (subject to hydrolysis) is 1. The van der Waals surface area contributed by atoms with Crippen molar-refractivity contribution in [2.75, 3.05) is 6.61 Å². The molecule has 0 fully saturated rings. The number of hydrogen-bond acceptors (Lipinski definition) is 5. The summed E-state index contributed by atoms with van der Waals surface area (Å²) >= 11 is 3.35. The minimum Gasteiger partial charge on any atom is -0.461 e. The second-order valence-corrected chi connectivity index (χ2v) is 9.03. The topological polar surface area (TPSA) is 82.5 Å². The van der Waals surface area contributed by atoms with Gasteiger partial charge in [-0.25, -0.2) is 19.0 Å². The van der Waals surface area contributed by atoms with Gasteiger partial charge in [0.15, 0.2) is 0 Å². The van der Waals surface area contributed by atoms with Gasteiger partial charge in [0.1, 0.15) is 17.1 Å². The molecular formula is C21H27BrFN3O4. The van der Waals surface area contributed by atoms with Crippen molar-refractivity contribution in [3.8, 4) is 0 Å². The lowest BCUT2D eigenvalue weighted by atomic mass is 9.91. The maximum Gasteiger partial charge on any atom is 0.408 e. The second-order valence-electron chi connectivity index (χ2n) is 8.11. The number of halogens is 2. The van der Waals surface area contributed by atoms with E-state index < -0.39 is 29.0 Å². The summed E-state index contributed by atoms with van der Waals surface area (Å²) in [5.41, 5.74) is -1.05. The molecule has 0 aliphatic rings. The fraction of sp³-hybridized carbons (Fsp3) is 0.476. The highest BCUT2D eigenvalue weighted by molar-refractivity contribution is 9.10. The molecule has 0 saturated carbocycles. The summed E-state index contributed by atoms with van der Waals surface area (Å²) in [5.74, 6) is -1.05. The van der Waals surface area contributed by atoms with E-state index in [2.05, 4.69) is 26.2 Å². The number of ether oxygens (including phenoxy) is 2. The molecule has 1 heterocycles. The van der Waals surface area contributed by atoms with E-state index in [-0.39, 0.29) is 24.4 Å². The van der Waals surface area contributed by atoms with Crippen molar-refractivity contribution in [1.82, 2.24) is 14.9 Å². The first-order valence-electron chi connectivity index (χ1n) is 9.52. The molecule has 1 aromatic carbocycles. The third-order valence-corrected chi connectivity index (χ3v) is 4.77. The van der Waals surface area contributed by atoms with E-state index in [4.69, 9.17) is 9.47 Å². The highest BCUT2D eigenvalue weighted by Gasteiger charge is 2.35. The number of carbonyl (C=O) groups excluding carboxylic acids is 2. The highest BCUT2D eigenvalue weighted by Crippen LogP contribution is 2.30. The van der Waals surface area contributed by atoms with E-state index in [9.17, 15) is 14.0 Å². The van der Waals surface area contributed by atoms with E-state index in [1.54, 1.807) is 58.2 Å². The lowest BCUT2D eigenvalue weighted by Crippen LogP contribution is -2.49. The molecule has 1 amide bonds. The number of aryl methyl sites for hydroxylation is 1. The van der Waals surface area contributed by atoms with E-state index in [0.717, 1.165) is 0 Å². The molecule has 0 aliphatic heterocycles. The summed E-state index contributed by atoms with van der Waals surface area (Å²) < 4.78 is 27.5. The van der Waals surface area contributed by atoms with Gasteiger partial charge in [-0.2, -0.15) is 0 Å². The van der Waals surface area contributed by atoms with Crippen LogP contribution in [0.2, 0.25) is 0 Å². The van der Waals surface area contributed by atoms with Crippen LogP contribution >= 0.6 is 15.9 Å². The molecule has 0 aliphatic carbocycles. The molecule has 2 aromatic rings. The van der Waals surface area contributed by atoms with Crippen molar-refractivity contribution < 1.29 is 23.5 Å². The Morgan fingerprint density at radius 1 is 1.27 bits per heavy atom. The number of aromatic nitrogens is 2. The normalized spacial score (nSPS) is 13.5. The van der Waals surface area contributed by atoms with Crippen LogP contribution in [0, 0.1) is 12.7 Å². The van der Waals surface area contributed by atoms with Gasteiger partial charge in [-0.3, -0.25) is 0 Å². The molecule has 7 nitrogen and oxygen atoms in total. The molecule has 0 unspecified atom stereocenters. The zero-order valence-corrected chi connectivity index (χ0v) is 19.6. The van der Waals surface area contributed by atoms with Gasteiger partial charge in [0.05, 0.1) is 30.7 Å². The number of hydrogen-bond donors (Lipinski definition) is 1. The van der Waals surface area contributed by atoms with Crippen molar-refractivity contribution in [2.45, 2.75) is 59.2 Å². The first-order valence-corrected chi connectivity index (χ1v) is 10.3. The number of rotatable bonds is 6. The summed E-state index contributed by atoms with van der Waals surface area (Å²) in [4.78, 5) is 29.2. The van der Waals surface area contributed by atoms with Gasteiger partial charge in [0, 0.05) is 10.0 Å². The first-order chi connectivity index (χ1) is 13.9. The first kappa shape index (κ1) is 23.9. The summed E-state index contributed by atoms with van der Waals surface area (Å²) in [6.45, 7) is 10.5. The Morgan fingerprint density at radius 2 is 1.93 bits per heavy atom. The molecule has 2 rings (SSSR count). The Morgan fingerprint density at radius 3 is 2.53 bits per heavy atom. The Labute approximate surface area is 184 Å². The summed E-state index contributed by atoms with van der Waals surface area (Å²) in [5, 5.41) is 2.77.